The van der Waals surface area contributed by atoms with Crippen LogP contribution in [-0.2, 0) is 11.2 Å². The molecule has 2 aromatic heterocycles. The maximum Gasteiger partial charge on any atom is 0.138 e. The van der Waals surface area contributed by atoms with E-state index < -0.39 is 0 Å². The predicted octanol–water partition coefficient (Wildman–Crippen LogP) is 4.22. The molecule has 0 aliphatic heterocycles. The lowest BCUT2D eigenvalue weighted by Gasteiger charge is -2.21. The number of carbonyl (C=O) groups excluding carboxylic acids is 1. The molecule has 3 aromatic rings. The molecule has 120 valence electrons. The second-order valence-corrected chi connectivity index (χ2v) is 5.47. The standard InChI is InChI=1S/C17H16NO5/c1-10(19)3-6-16-17(15-7-4-11(2)22-15)13-9-12(18(20)21)5-8-14(13)23-16/h4-5,7-9,20H,3,6H2,1-2H3/q-1. The first-order chi connectivity index (χ1) is 11.0. The molecular weight excluding hydrogens is 298 g/mol. The Bertz CT molecular complexity index is 859. The minimum Gasteiger partial charge on any atom is -0.733 e. The van der Waals surface area contributed by atoms with Crippen molar-refractivity contribution in [2.45, 2.75) is 26.7 Å². The Labute approximate surface area is 132 Å². The molecule has 1 N–H and O–H groups in total. The molecule has 0 saturated heterocycles. The van der Waals surface area contributed by atoms with Crippen LogP contribution in [0.4, 0.5) is 5.69 Å². The molecule has 6 heteroatoms. The van der Waals surface area contributed by atoms with Crippen LogP contribution in [0.1, 0.15) is 24.9 Å². The Morgan fingerprint density at radius 1 is 1.26 bits per heavy atom. The Hall–Kier alpha value is -2.57. The van der Waals surface area contributed by atoms with Gasteiger partial charge in [0, 0.05) is 18.2 Å². The summed E-state index contributed by atoms with van der Waals surface area (Å²) in [6.45, 7) is 3.36. The Morgan fingerprint density at radius 3 is 2.65 bits per heavy atom. The number of hydrogen-bond acceptors (Lipinski definition) is 6. The summed E-state index contributed by atoms with van der Waals surface area (Å²) in [7, 11) is 0. The molecule has 0 unspecified atom stereocenters. The van der Waals surface area contributed by atoms with Crippen LogP contribution in [0.25, 0.3) is 22.3 Å². The summed E-state index contributed by atoms with van der Waals surface area (Å²) in [5.74, 6) is 2.04. The summed E-state index contributed by atoms with van der Waals surface area (Å²) in [6.07, 6.45) is 0.793. The number of anilines is 1. The van der Waals surface area contributed by atoms with E-state index in [0.717, 1.165) is 5.76 Å². The topological polar surface area (TPSA) is 89.9 Å². The fraction of sp³-hybridized carbons (Fsp3) is 0.235. The SMILES string of the molecule is CC(=O)CCc1oc2ccc(N([O-])O)cc2c1-c1ccc(C)o1. The van der Waals surface area contributed by atoms with Crippen LogP contribution < -0.4 is 5.23 Å². The van der Waals surface area contributed by atoms with Crippen molar-refractivity contribution in [3.05, 3.63) is 47.1 Å². The first kappa shape index (κ1) is 15.3. The zero-order chi connectivity index (χ0) is 16.6. The summed E-state index contributed by atoms with van der Waals surface area (Å²) >= 11 is 0. The number of rotatable bonds is 5. The van der Waals surface area contributed by atoms with Crippen molar-refractivity contribution >= 4 is 22.4 Å². The first-order valence-corrected chi connectivity index (χ1v) is 7.23. The van der Waals surface area contributed by atoms with Crippen molar-refractivity contribution < 1.29 is 18.8 Å². The molecule has 0 radical (unpaired) electrons. The maximum atomic E-state index is 11.3. The van der Waals surface area contributed by atoms with Crippen LogP contribution in [0.3, 0.4) is 0 Å². The van der Waals surface area contributed by atoms with Crippen molar-refractivity contribution in [3.63, 3.8) is 0 Å². The van der Waals surface area contributed by atoms with E-state index in [1.165, 1.54) is 19.1 Å². The summed E-state index contributed by atoms with van der Waals surface area (Å²) in [4.78, 5) is 11.3. The second kappa shape index (κ2) is 5.91. The van der Waals surface area contributed by atoms with E-state index in [-0.39, 0.29) is 16.7 Å². The van der Waals surface area contributed by atoms with Crippen molar-refractivity contribution in [1.29, 1.82) is 0 Å². The molecule has 1 aromatic carbocycles. The van der Waals surface area contributed by atoms with Gasteiger partial charge in [-0.3, -0.25) is 5.21 Å². The van der Waals surface area contributed by atoms with Crippen LogP contribution >= 0.6 is 0 Å². The highest BCUT2D eigenvalue weighted by atomic mass is 16.8. The highest BCUT2D eigenvalue weighted by Gasteiger charge is 2.19. The molecule has 3 rings (SSSR count). The Balaban J connectivity index is 2.18. The van der Waals surface area contributed by atoms with Crippen molar-refractivity contribution in [1.82, 2.24) is 0 Å². The van der Waals surface area contributed by atoms with E-state index in [0.29, 0.717) is 40.9 Å². The normalized spacial score (nSPS) is 11.1. The zero-order valence-corrected chi connectivity index (χ0v) is 12.8. The van der Waals surface area contributed by atoms with Gasteiger partial charge in [-0.05, 0) is 44.2 Å². The lowest BCUT2D eigenvalue weighted by atomic mass is 10.0. The summed E-state index contributed by atoms with van der Waals surface area (Å²) in [6, 6.07) is 8.26. The lowest BCUT2D eigenvalue weighted by molar-refractivity contribution is -0.117. The molecule has 0 bridgehead atoms. The Kier molecular flexibility index (Phi) is 3.94. The zero-order valence-electron chi connectivity index (χ0n) is 12.8. The van der Waals surface area contributed by atoms with E-state index in [1.807, 2.05) is 19.1 Å². The largest absolute Gasteiger partial charge is 0.733 e. The molecule has 0 aliphatic carbocycles. The third-order valence-electron chi connectivity index (χ3n) is 3.66. The molecule has 0 aliphatic rings. The number of aryl methyl sites for hydroxylation is 2. The van der Waals surface area contributed by atoms with E-state index >= 15 is 0 Å². The summed E-state index contributed by atoms with van der Waals surface area (Å²) in [5.41, 5.74) is 1.37. The predicted molar refractivity (Wildman–Crippen MR) is 85.3 cm³/mol. The quantitative estimate of drug-likeness (QED) is 0.709. The Morgan fingerprint density at radius 2 is 2.04 bits per heavy atom. The third-order valence-corrected chi connectivity index (χ3v) is 3.66. The van der Waals surface area contributed by atoms with E-state index in [1.54, 1.807) is 6.07 Å². The van der Waals surface area contributed by atoms with Crippen LogP contribution in [0.5, 0.6) is 0 Å². The molecule has 0 fully saturated rings. The smallest absolute Gasteiger partial charge is 0.138 e. The molecule has 0 spiro atoms. The van der Waals surface area contributed by atoms with Gasteiger partial charge >= 0.3 is 0 Å². The van der Waals surface area contributed by atoms with Crippen LogP contribution in [0, 0.1) is 12.1 Å². The van der Waals surface area contributed by atoms with Gasteiger partial charge < -0.3 is 24.1 Å². The molecule has 23 heavy (non-hydrogen) atoms. The molecule has 0 amide bonds. The summed E-state index contributed by atoms with van der Waals surface area (Å²) < 4.78 is 11.5. The first-order valence-electron chi connectivity index (χ1n) is 7.23. The number of nitrogens with zero attached hydrogens (tertiary/aromatic N) is 1. The number of ketones is 1. The van der Waals surface area contributed by atoms with Gasteiger partial charge in [0.15, 0.2) is 0 Å². The van der Waals surface area contributed by atoms with E-state index in [9.17, 15) is 10.0 Å². The second-order valence-electron chi connectivity index (χ2n) is 5.47. The van der Waals surface area contributed by atoms with Crippen LogP contribution in [-0.4, -0.2) is 11.0 Å². The van der Waals surface area contributed by atoms with Gasteiger partial charge in [0.2, 0.25) is 0 Å². The monoisotopic (exact) mass is 314 g/mol. The van der Waals surface area contributed by atoms with Crippen molar-refractivity contribution in [2.75, 3.05) is 5.23 Å². The van der Waals surface area contributed by atoms with Crippen LogP contribution in [0.2, 0.25) is 0 Å². The van der Waals surface area contributed by atoms with Gasteiger partial charge in [0.1, 0.15) is 28.6 Å². The fourth-order valence-electron chi connectivity index (χ4n) is 2.56. The summed E-state index contributed by atoms with van der Waals surface area (Å²) in [5, 5.41) is 20.7. The highest BCUT2D eigenvalue weighted by Crippen LogP contribution is 2.38. The van der Waals surface area contributed by atoms with Gasteiger partial charge in [-0.2, -0.15) is 0 Å². The van der Waals surface area contributed by atoms with Crippen LogP contribution in [0.15, 0.2) is 39.2 Å². The van der Waals surface area contributed by atoms with Crippen molar-refractivity contribution in [2.24, 2.45) is 0 Å². The number of furan rings is 2. The van der Waals surface area contributed by atoms with Gasteiger partial charge in [0.25, 0.3) is 0 Å². The molecule has 0 saturated carbocycles. The number of benzene rings is 1. The molecule has 2 heterocycles. The average Bonchev–Trinajstić information content (AvgIpc) is 3.07. The minimum atomic E-state index is -0.196. The lowest BCUT2D eigenvalue weighted by Crippen LogP contribution is -2.06. The molecule has 0 atom stereocenters. The van der Waals surface area contributed by atoms with Gasteiger partial charge in [0.05, 0.1) is 11.3 Å². The maximum absolute atomic E-state index is 11.3. The van der Waals surface area contributed by atoms with Gasteiger partial charge in [-0.1, -0.05) is 0 Å². The van der Waals surface area contributed by atoms with Gasteiger partial charge in [-0.15, -0.1) is 0 Å². The number of carbonyl (C=O) groups is 1. The van der Waals surface area contributed by atoms with E-state index in [4.69, 9.17) is 14.0 Å². The molecule has 6 nitrogen and oxygen atoms in total. The number of fused-ring (bicyclic) bond motifs is 1. The van der Waals surface area contributed by atoms with Gasteiger partial charge in [-0.25, -0.2) is 0 Å². The average molecular weight is 314 g/mol. The molecular formula is C17H16NO5-. The minimum absolute atomic E-state index is 0.0637. The third kappa shape index (κ3) is 2.99. The van der Waals surface area contributed by atoms with Crippen molar-refractivity contribution in [3.8, 4) is 11.3 Å². The van der Waals surface area contributed by atoms with E-state index in [2.05, 4.69) is 0 Å². The number of hydrogen-bond donors (Lipinski definition) is 1. The fourth-order valence-corrected chi connectivity index (χ4v) is 2.56. The highest BCUT2D eigenvalue weighted by molar-refractivity contribution is 5.96. The number of Topliss-reactive ketones (excluding diaryl/α,β-unsaturated/α-hetero) is 1.